The van der Waals surface area contributed by atoms with Crippen molar-refractivity contribution in [2.24, 2.45) is 0 Å². The van der Waals surface area contributed by atoms with Crippen LogP contribution < -0.4 is 24.3 Å². The van der Waals surface area contributed by atoms with Crippen molar-refractivity contribution in [2.75, 3.05) is 34.0 Å². The van der Waals surface area contributed by atoms with Crippen LogP contribution in [-0.4, -0.2) is 59.7 Å². The molecule has 0 radical (unpaired) electrons. The zero-order valence-corrected chi connectivity index (χ0v) is 21.5. The summed E-state index contributed by atoms with van der Waals surface area (Å²) in [4.78, 5) is 12.4. The van der Waals surface area contributed by atoms with Gasteiger partial charge >= 0.3 is 0 Å². The molecule has 2 heterocycles. The van der Waals surface area contributed by atoms with E-state index in [1.54, 1.807) is 43.0 Å². The van der Waals surface area contributed by atoms with Crippen LogP contribution in [0, 0.1) is 0 Å². The van der Waals surface area contributed by atoms with Crippen molar-refractivity contribution in [3.63, 3.8) is 0 Å². The average Bonchev–Trinajstić information content (AvgIpc) is 3.42. The molecule has 10 heteroatoms. The third kappa shape index (κ3) is 5.90. The van der Waals surface area contributed by atoms with Crippen LogP contribution in [0.5, 0.6) is 23.1 Å². The van der Waals surface area contributed by atoms with Gasteiger partial charge in [0.2, 0.25) is 5.88 Å². The van der Waals surface area contributed by atoms with Crippen molar-refractivity contribution < 1.29 is 23.7 Å². The summed E-state index contributed by atoms with van der Waals surface area (Å²) < 4.78 is 23.8. The summed E-state index contributed by atoms with van der Waals surface area (Å²) in [5, 5.41) is 15.7. The number of amides is 1. The number of methoxy groups -OCH3 is 2. The van der Waals surface area contributed by atoms with Crippen LogP contribution >= 0.6 is 0 Å². The predicted octanol–water partition coefficient (Wildman–Crippen LogP) is 4.05. The molecule has 1 N–H and O–H groups in total. The van der Waals surface area contributed by atoms with Gasteiger partial charge in [0, 0.05) is 17.2 Å². The third-order valence-electron chi connectivity index (χ3n) is 5.88. The van der Waals surface area contributed by atoms with E-state index in [9.17, 15) is 4.79 Å². The monoisotopic (exact) mass is 525 g/mol. The molecule has 3 aromatic carbocycles. The maximum atomic E-state index is 12.4. The van der Waals surface area contributed by atoms with Gasteiger partial charge in [-0.1, -0.05) is 48.5 Å². The third-order valence-corrected chi connectivity index (χ3v) is 5.88. The fourth-order valence-corrected chi connectivity index (χ4v) is 3.99. The molecule has 0 aliphatic rings. The van der Waals surface area contributed by atoms with Crippen molar-refractivity contribution in [1.29, 1.82) is 0 Å². The summed E-state index contributed by atoms with van der Waals surface area (Å²) in [6.07, 6.45) is 0. The minimum absolute atomic E-state index is 0.108. The summed E-state index contributed by atoms with van der Waals surface area (Å²) in [6.45, 7) is 0.398. The van der Waals surface area contributed by atoms with Crippen LogP contribution in [0.2, 0.25) is 0 Å². The van der Waals surface area contributed by atoms with E-state index in [0.29, 0.717) is 34.6 Å². The lowest BCUT2D eigenvalue weighted by Crippen LogP contribution is -2.32. The zero-order valence-electron chi connectivity index (χ0n) is 21.5. The molecule has 1 amide bonds. The highest BCUT2D eigenvalue weighted by molar-refractivity contribution is 5.78. The summed E-state index contributed by atoms with van der Waals surface area (Å²) in [5.74, 6) is 2.47. The van der Waals surface area contributed by atoms with Gasteiger partial charge < -0.3 is 24.3 Å². The topological polar surface area (TPSA) is 109 Å². The molecular formula is C29H27N5O5. The average molecular weight is 526 g/mol. The van der Waals surface area contributed by atoms with Crippen molar-refractivity contribution in [3.05, 3.63) is 84.9 Å². The highest BCUT2D eigenvalue weighted by atomic mass is 16.5. The van der Waals surface area contributed by atoms with Gasteiger partial charge in [-0.15, -0.1) is 15.3 Å². The molecule has 0 fully saturated rings. The SMILES string of the molecule is COc1ccc(-c2nnc3ccc(OCCNC(=O)COc4ccccc4-c4ccccc4)nn23)cc1OC. The second kappa shape index (κ2) is 12.0. The van der Waals surface area contributed by atoms with Crippen LogP contribution in [0.25, 0.3) is 28.2 Å². The number of carbonyl (C=O) groups is 1. The molecule has 0 atom stereocenters. The number of carbonyl (C=O) groups excluding carboxylic acids is 1. The number of hydrogen-bond acceptors (Lipinski definition) is 8. The van der Waals surface area contributed by atoms with Gasteiger partial charge in [0.15, 0.2) is 29.6 Å². The Hall–Kier alpha value is -5.12. The van der Waals surface area contributed by atoms with E-state index in [1.807, 2.05) is 60.7 Å². The Morgan fingerprint density at radius 2 is 1.59 bits per heavy atom. The Balaban J connectivity index is 1.16. The first kappa shape index (κ1) is 25.5. The molecule has 0 saturated carbocycles. The number of benzene rings is 3. The highest BCUT2D eigenvalue weighted by Crippen LogP contribution is 2.32. The van der Waals surface area contributed by atoms with Gasteiger partial charge in [-0.3, -0.25) is 4.79 Å². The van der Waals surface area contributed by atoms with Gasteiger partial charge in [-0.05, 0) is 35.9 Å². The molecular weight excluding hydrogens is 498 g/mol. The van der Waals surface area contributed by atoms with Gasteiger partial charge in [-0.25, -0.2) is 0 Å². The molecule has 5 rings (SSSR count). The Labute approximate surface area is 225 Å². The lowest BCUT2D eigenvalue weighted by atomic mass is 10.1. The van der Waals surface area contributed by atoms with Gasteiger partial charge in [0.25, 0.3) is 5.91 Å². The molecule has 39 heavy (non-hydrogen) atoms. The molecule has 0 unspecified atom stereocenters. The van der Waals surface area contributed by atoms with E-state index in [2.05, 4.69) is 20.6 Å². The Bertz CT molecular complexity index is 1570. The number of rotatable bonds is 11. The maximum absolute atomic E-state index is 12.4. The second-order valence-corrected chi connectivity index (χ2v) is 8.38. The lowest BCUT2D eigenvalue weighted by Gasteiger charge is -2.12. The van der Waals surface area contributed by atoms with Crippen LogP contribution in [0.3, 0.4) is 0 Å². The number of hydrogen-bond donors (Lipinski definition) is 1. The van der Waals surface area contributed by atoms with E-state index >= 15 is 0 Å². The predicted molar refractivity (Wildman–Crippen MR) is 145 cm³/mol. The van der Waals surface area contributed by atoms with Crippen molar-refractivity contribution in [2.45, 2.75) is 0 Å². The fraction of sp³-hybridized carbons (Fsp3) is 0.172. The van der Waals surface area contributed by atoms with Crippen LogP contribution in [0.15, 0.2) is 84.9 Å². The number of para-hydroxylation sites is 1. The van der Waals surface area contributed by atoms with E-state index in [4.69, 9.17) is 18.9 Å². The van der Waals surface area contributed by atoms with E-state index in [0.717, 1.165) is 16.7 Å². The molecule has 0 aliphatic heterocycles. The number of aromatic nitrogens is 4. The number of fused-ring (bicyclic) bond motifs is 1. The van der Waals surface area contributed by atoms with E-state index in [-0.39, 0.29) is 25.7 Å². The Morgan fingerprint density at radius 3 is 2.41 bits per heavy atom. The Kier molecular flexibility index (Phi) is 7.82. The van der Waals surface area contributed by atoms with Crippen LogP contribution in [0.1, 0.15) is 0 Å². The normalized spacial score (nSPS) is 10.7. The molecule has 10 nitrogen and oxygen atoms in total. The van der Waals surface area contributed by atoms with E-state index < -0.39 is 0 Å². The summed E-state index contributed by atoms with van der Waals surface area (Å²) in [5.41, 5.74) is 3.27. The van der Waals surface area contributed by atoms with Crippen LogP contribution in [-0.2, 0) is 4.79 Å². The summed E-state index contributed by atoms with van der Waals surface area (Å²) in [7, 11) is 3.15. The molecule has 0 bridgehead atoms. The molecule has 0 aliphatic carbocycles. The largest absolute Gasteiger partial charge is 0.493 e. The lowest BCUT2D eigenvalue weighted by molar-refractivity contribution is -0.123. The number of nitrogens with one attached hydrogen (secondary N) is 1. The van der Waals surface area contributed by atoms with Crippen molar-refractivity contribution in [1.82, 2.24) is 25.1 Å². The standard InChI is InChI=1S/C29H27N5O5/c1-36-24-13-12-21(18-25(24)37-2)29-32-31-26-14-15-28(33-34(26)29)38-17-16-30-27(35)19-39-23-11-7-6-10-22(23)20-8-4-3-5-9-20/h3-15,18H,16-17,19H2,1-2H3,(H,30,35). The molecule has 198 valence electrons. The smallest absolute Gasteiger partial charge is 0.258 e. The second-order valence-electron chi connectivity index (χ2n) is 8.38. The highest BCUT2D eigenvalue weighted by Gasteiger charge is 2.14. The quantitative estimate of drug-likeness (QED) is 0.257. The minimum Gasteiger partial charge on any atom is -0.493 e. The van der Waals surface area contributed by atoms with Gasteiger partial charge in [0.05, 0.1) is 20.8 Å². The number of nitrogens with zero attached hydrogens (tertiary/aromatic N) is 4. The molecule has 2 aromatic heterocycles. The van der Waals surface area contributed by atoms with E-state index in [1.165, 1.54) is 0 Å². The van der Waals surface area contributed by atoms with Crippen molar-refractivity contribution >= 4 is 11.6 Å². The first-order chi connectivity index (χ1) is 19.2. The minimum atomic E-state index is -0.251. The fourth-order valence-electron chi connectivity index (χ4n) is 3.99. The molecule has 0 saturated heterocycles. The zero-order chi connectivity index (χ0) is 27.0. The van der Waals surface area contributed by atoms with Gasteiger partial charge in [0.1, 0.15) is 12.4 Å². The molecule has 5 aromatic rings. The van der Waals surface area contributed by atoms with Crippen LogP contribution in [0.4, 0.5) is 0 Å². The van der Waals surface area contributed by atoms with Gasteiger partial charge in [-0.2, -0.15) is 4.52 Å². The summed E-state index contributed by atoms with van der Waals surface area (Å²) >= 11 is 0. The maximum Gasteiger partial charge on any atom is 0.258 e. The van der Waals surface area contributed by atoms with Crippen molar-refractivity contribution in [3.8, 4) is 45.6 Å². The first-order valence-electron chi connectivity index (χ1n) is 12.3. The summed E-state index contributed by atoms with van der Waals surface area (Å²) in [6, 6.07) is 26.4. The number of ether oxygens (including phenoxy) is 4. The Morgan fingerprint density at radius 1 is 0.795 bits per heavy atom. The first-order valence-corrected chi connectivity index (χ1v) is 12.3. The molecule has 0 spiro atoms.